The van der Waals surface area contributed by atoms with E-state index in [0.717, 1.165) is 18.2 Å². The number of hydrogen-bond acceptors (Lipinski definition) is 10. The van der Waals surface area contributed by atoms with E-state index >= 15 is 0 Å². The Morgan fingerprint density at radius 2 is 1.50 bits per heavy atom. The van der Waals surface area contributed by atoms with Crippen molar-refractivity contribution >= 4 is 21.9 Å². The van der Waals surface area contributed by atoms with Crippen LogP contribution in [0.2, 0.25) is 0 Å². The Labute approximate surface area is 168 Å². The number of aromatic hydroxyl groups is 4. The third-order valence-electron chi connectivity index (χ3n) is 5.81. The number of aliphatic hydroxyl groups is 4. The van der Waals surface area contributed by atoms with Gasteiger partial charge in [0.1, 0.15) is 34.2 Å². The molecular weight excluding hydrogens is 400 g/mol. The second-order valence-electron chi connectivity index (χ2n) is 7.56. The Kier molecular flexibility index (Phi) is 4.74. The molecule has 1 aliphatic carbocycles. The maximum Gasteiger partial charge on any atom is 0.204 e. The molecule has 0 spiro atoms. The molecule has 2 aromatic carbocycles. The van der Waals surface area contributed by atoms with Crippen LogP contribution in [0.4, 0.5) is 0 Å². The molecule has 8 N–H and O–H groups in total. The fourth-order valence-electron chi connectivity index (χ4n) is 4.18. The van der Waals surface area contributed by atoms with Gasteiger partial charge in [-0.3, -0.25) is 4.79 Å². The number of phenols is 4. The predicted molar refractivity (Wildman–Crippen MR) is 103 cm³/mol. The van der Waals surface area contributed by atoms with Gasteiger partial charge >= 0.3 is 0 Å². The predicted octanol–water partition coefficient (Wildman–Crippen LogP) is -0.0529. The standard InChI is InChI=1S/C20H20O10/c21-5-6-1-8(18(27)20(29)16(6)25)14-11(24)4-13-15(19(14)28)17(26)7-2-9(22)10(23)3-12(7)30-13/h2-4,6,8,16,18,20-25,27-29H,1,5H2/t6-,8?,16-,18+,20+/m1/s1. The third-order valence-corrected chi connectivity index (χ3v) is 5.81. The van der Waals surface area contributed by atoms with Gasteiger partial charge in [-0.15, -0.1) is 0 Å². The molecule has 0 saturated heterocycles. The van der Waals surface area contributed by atoms with E-state index in [4.69, 9.17) is 4.42 Å². The number of fused-ring (bicyclic) bond motifs is 2. The highest BCUT2D eigenvalue weighted by atomic mass is 16.4. The van der Waals surface area contributed by atoms with E-state index in [1.807, 2.05) is 0 Å². The first-order chi connectivity index (χ1) is 14.1. The Morgan fingerprint density at radius 1 is 0.867 bits per heavy atom. The molecule has 3 aromatic rings. The quantitative estimate of drug-likeness (QED) is 0.206. The normalized spacial score (nSPS) is 27.0. The van der Waals surface area contributed by atoms with Gasteiger partial charge in [-0.2, -0.15) is 0 Å². The number of benzene rings is 2. The van der Waals surface area contributed by atoms with Crippen LogP contribution >= 0.6 is 0 Å². The fraction of sp³-hybridized carbons (Fsp3) is 0.350. The lowest BCUT2D eigenvalue weighted by Gasteiger charge is -2.40. The van der Waals surface area contributed by atoms with E-state index < -0.39 is 65.2 Å². The van der Waals surface area contributed by atoms with Crippen LogP contribution < -0.4 is 5.43 Å². The monoisotopic (exact) mass is 420 g/mol. The smallest absolute Gasteiger partial charge is 0.204 e. The van der Waals surface area contributed by atoms with Crippen LogP contribution in [0, 0.1) is 5.92 Å². The molecule has 1 unspecified atom stereocenters. The maximum absolute atomic E-state index is 13.0. The highest BCUT2D eigenvalue weighted by Gasteiger charge is 2.45. The van der Waals surface area contributed by atoms with Crippen molar-refractivity contribution in [2.45, 2.75) is 30.7 Å². The minimum absolute atomic E-state index is 0.0872. The van der Waals surface area contributed by atoms with Crippen molar-refractivity contribution < 1.29 is 45.3 Å². The number of aliphatic hydroxyl groups excluding tert-OH is 4. The molecule has 0 radical (unpaired) electrons. The van der Waals surface area contributed by atoms with E-state index in [2.05, 4.69) is 0 Å². The summed E-state index contributed by atoms with van der Waals surface area (Å²) in [6, 6.07) is 3.04. The molecule has 1 fully saturated rings. The molecule has 10 heteroatoms. The summed E-state index contributed by atoms with van der Waals surface area (Å²) in [5.41, 5.74) is -1.30. The molecular formula is C20H20O10. The van der Waals surface area contributed by atoms with Crippen molar-refractivity contribution in [3.63, 3.8) is 0 Å². The Morgan fingerprint density at radius 3 is 2.17 bits per heavy atom. The molecule has 0 amide bonds. The lowest BCUT2D eigenvalue weighted by Crippen LogP contribution is -2.51. The first-order valence-corrected chi connectivity index (χ1v) is 9.18. The highest BCUT2D eigenvalue weighted by Crippen LogP contribution is 2.47. The van der Waals surface area contributed by atoms with Crippen molar-refractivity contribution in [3.8, 4) is 23.0 Å². The summed E-state index contributed by atoms with van der Waals surface area (Å²) in [6.45, 7) is -0.508. The molecule has 4 rings (SSSR count). The van der Waals surface area contributed by atoms with E-state index in [1.165, 1.54) is 0 Å². The fourth-order valence-corrected chi connectivity index (χ4v) is 4.18. The lowest BCUT2D eigenvalue weighted by molar-refractivity contribution is -0.127. The third kappa shape index (κ3) is 2.84. The SMILES string of the molecule is O=c1c2cc(O)c(O)cc2oc2cc(O)c(C3C[C@H](CO)[C@@H](O)[C@H](O)[C@H]3O)c(O)c12. The van der Waals surface area contributed by atoms with Crippen molar-refractivity contribution in [2.75, 3.05) is 6.61 Å². The van der Waals surface area contributed by atoms with E-state index in [0.29, 0.717) is 0 Å². The molecule has 1 aliphatic rings. The van der Waals surface area contributed by atoms with Gasteiger partial charge < -0.3 is 45.3 Å². The molecule has 0 bridgehead atoms. The van der Waals surface area contributed by atoms with Gasteiger partial charge in [-0.1, -0.05) is 0 Å². The summed E-state index contributed by atoms with van der Waals surface area (Å²) >= 11 is 0. The molecule has 5 atom stereocenters. The van der Waals surface area contributed by atoms with E-state index in [-0.39, 0.29) is 33.9 Å². The highest BCUT2D eigenvalue weighted by molar-refractivity contribution is 5.96. The van der Waals surface area contributed by atoms with Gasteiger partial charge in [-0.25, -0.2) is 0 Å². The van der Waals surface area contributed by atoms with Gasteiger partial charge in [0.05, 0.1) is 17.6 Å². The number of rotatable bonds is 2. The molecule has 0 aliphatic heterocycles. The molecule has 1 saturated carbocycles. The van der Waals surface area contributed by atoms with Crippen molar-refractivity contribution in [2.24, 2.45) is 5.92 Å². The van der Waals surface area contributed by atoms with Gasteiger partial charge in [0.25, 0.3) is 0 Å². The Hall–Kier alpha value is -3.05. The summed E-state index contributed by atoms with van der Waals surface area (Å²) in [5.74, 6) is -4.27. The van der Waals surface area contributed by atoms with Crippen LogP contribution in [0.15, 0.2) is 27.4 Å². The number of phenolic OH excluding ortho intramolecular Hbond substituents is 4. The zero-order valence-electron chi connectivity index (χ0n) is 15.4. The lowest BCUT2D eigenvalue weighted by atomic mass is 9.72. The van der Waals surface area contributed by atoms with Crippen LogP contribution in [0.3, 0.4) is 0 Å². The van der Waals surface area contributed by atoms with Gasteiger partial charge in [0.15, 0.2) is 11.5 Å². The molecule has 10 nitrogen and oxygen atoms in total. The van der Waals surface area contributed by atoms with Gasteiger partial charge in [0, 0.05) is 36.1 Å². The minimum atomic E-state index is -1.65. The van der Waals surface area contributed by atoms with Crippen molar-refractivity contribution in [1.29, 1.82) is 0 Å². The van der Waals surface area contributed by atoms with Crippen LogP contribution in [0.25, 0.3) is 21.9 Å². The second-order valence-corrected chi connectivity index (χ2v) is 7.56. The second kappa shape index (κ2) is 7.03. The zero-order chi connectivity index (χ0) is 21.9. The summed E-state index contributed by atoms with van der Waals surface area (Å²) in [6.07, 6.45) is -4.74. The Balaban J connectivity index is 1.98. The average molecular weight is 420 g/mol. The van der Waals surface area contributed by atoms with Crippen LogP contribution in [0.5, 0.6) is 23.0 Å². The number of hydrogen-bond donors (Lipinski definition) is 8. The summed E-state index contributed by atoms with van der Waals surface area (Å²) in [4.78, 5) is 13.0. The van der Waals surface area contributed by atoms with Crippen molar-refractivity contribution in [1.82, 2.24) is 0 Å². The van der Waals surface area contributed by atoms with E-state index in [9.17, 15) is 45.6 Å². The Bertz CT molecular complexity index is 1200. The first kappa shape index (κ1) is 20.2. The van der Waals surface area contributed by atoms with Crippen LogP contribution in [-0.4, -0.2) is 65.8 Å². The van der Waals surface area contributed by atoms with Crippen LogP contribution in [-0.2, 0) is 0 Å². The average Bonchev–Trinajstić information content (AvgIpc) is 2.69. The molecule has 1 aromatic heterocycles. The van der Waals surface area contributed by atoms with Gasteiger partial charge in [-0.05, 0) is 12.5 Å². The molecule has 160 valence electrons. The summed E-state index contributed by atoms with van der Waals surface area (Å²) < 4.78 is 5.49. The van der Waals surface area contributed by atoms with Crippen LogP contribution in [0.1, 0.15) is 17.9 Å². The zero-order valence-corrected chi connectivity index (χ0v) is 15.4. The molecule has 1 heterocycles. The first-order valence-electron chi connectivity index (χ1n) is 9.18. The summed E-state index contributed by atoms with van der Waals surface area (Å²) in [7, 11) is 0. The van der Waals surface area contributed by atoms with Crippen molar-refractivity contribution in [3.05, 3.63) is 34.0 Å². The minimum Gasteiger partial charge on any atom is -0.507 e. The largest absolute Gasteiger partial charge is 0.507 e. The summed E-state index contributed by atoms with van der Waals surface area (Å²) in [5, 5.41) is 80.2. The molecule has 30 heavy (non-hydrogen) atoms. The maximum atomic E-state index is 13.0. The van der Waals surface area contributed by atoms with Gasteiger partial charge in [0.2, 0.25) is 5.43 Å². The van der Waals surface area contributed by atoms with E-state index in [1.54, 1.807) is 0 Å². The topological polar surface area (TPSA) is 192 Å².